The second kappa shape index (κ2) is 8.89. The van der Waals surface area contributed by atoms with Gasteiger partial charge in [0.05, 0.1) is 5.92 Å². The van der Waals surface area contributed by atoms with E-state index in [0.29, 0.717) is 25.9 Å². The van der Waals surface area contributed by atoms with Crippen molar-refractivity contribution < 1.29 is 14.7 Å². The van der Waals surface area contributed by atoms with E-state index in [9.17, 15) is 9.59 Å². The molecule has 0 bridgehead atoms. The van der Waals surface area contributed by atoms with Crippen molar-refractivity contribution in [2.75, 3.05) is 13.1 Å². The number of nitrogens with zero attached hydrogens (tertiary/aromatic N) is 2. The van der Waals surface area contributed by atoms with Gasteiger partial charge in [-0.15, -0.1) is 0 Å². The average Bonchev–Trinajstić information content (AvgIpc) is 2.92. The molecule has 1 aromatic rings. The first-order chi connectivity index (χ1) is 9.59. The first-order valence-corrected chi connectivity index (χ1v) is 6.68. The molecular weight excluding hydrogens is 262 g/mol. The van der Waals surface area contributed by atoms with E-state index < -0.39 is 5.97 Å². The minimum absolute atomic E-state index is 0.231. The number of H-pyrrole nitrogens is 1. The maximum Gasteiger partial charge on any atom is 0.314 e. The van der Waals surface area contributed by atoms with Gasteiger partial charge in [-0.05, 0) is 19.3 Å². The number of nitrogens with one attached hydrogen (secondary N) is 3. The average molecular weight is 283 g/mol. The summed E-state index contributed by atoms with van der Waals surface area (Å²) in [5, 5.41) is 20.6. The van der Waals surface area contributed by atoms with E-state index in [2.05, 4.69) is 25.8 Å². The number of aryl methyl sites for hydroxylation is 1. The summed E-state index contributed by atoms with van der Waals surface area (Å²) in [5.74, 6) is -0.376. The van der Waals surface area contributed by atoms with Gasteiger partial charge in [-0.3, -0.25) is 9.89 Å². The van der Waals surface area contributed by atoms with Gasteiger partial charge in [0.2, 0.25) is 0 Å². The number of carbonyl (C=O) groups excluding carboxylic acids is 1. The molecule has 0 saturated carbocycles. The predicted molar refractivity (Wildman–Crippen MR) is 72.1 cm³/mol. The summed E-state index contributed by atoms with van der Waals surface area (Å²) >= 11 is 0. The zero-order chi connectivity index (χ0) is 14.8. The quantitative estimate of drug-likeness (QED) is 0.493. The summed E-state index contributed by atoms with van der Waals surface area (Å²) in [6.07, 6.45) is 4.17. The molecule has 20 heavy (non-hydrogen) atoms. The van der Waals surface area contributed by atoms with Gasteiger partial charge in [-0.2, -0.15) is 5.10 Å². The zero-order valence-corrected chi connectivity index (χ0v) is 11.6. The Morgan fingerprint density at radius 2 is 2.05 bits per heavy atom. The van der Waals surface area contributed by atoms with Crippen LogP contribution in [0.2, 0.25) is 0 Å². The fraction of sp³-hybridized carbons (Fsp3) is 0.667. The van der Waals surface area contributed by atoms with Gasteiger partial charge in [0.1, 0.15) is 12.2 Å². The van der Waals surface area contributed by atoms with Gasteiger partial charge in [-0.1, -0.05) is 6.92 Å². The summed E-state index contributed by atoms with van der Waals surface area (Å²) in [6, 6.07) is -0.231. The lowest BCUT2D eigenvalue weighted by Gasteiger charge is -2.08. The number of aromatic nitrogens is 3. The van der Waals surface area contributed by atoms with Gasteiger partial charge in [0, 0.05) is 19.5 Å². The topological polar surface area (TPSA) is 120 Å². The first kappa shape index (κ1) is 15.9. The molecule has 0 fully saturated rings. The first-order valence-electron chi connectivity index (χ1n) is 6.68. The summed E-state index contributed by atoms with van der Waals surface area (Å²) in [4.78, 5) is 26.0. The molecule has 0 spiro atoms. The van der Waals surface area contributed by atoms with Crippen molar-refractivity contribution in [3.8, 4) is 0 Å². The Bertz CT molecular complexity index is 407. The molecule has 0 aliphatic carbocycles. The highest BCUT2D eigenvalue weighted by Crippen LogP contribution is 2.03. The number of urea groups is 1. The highest BCUT2D eigenvalue weighted by molar-refractivity contribution is 5.73. The van der Waals surface area contributed by atoms with Gasteiger partial charge in [0.15, 0.2) is 0 Å². The molecule has 1 rings (SSSR count). The number of hydrogen-bond acceptors (Lipinski definition) is 4. The smallest absolute Gasteiger partial charge is 0.314 e. The van der Waals surface area contributed by atoms with Crippen LogP contribution in [0, 0.1) is 5.92 Å². The number of carbonyl (C=O) groups is 2. The standard InChI is InChI=1S/C12H21N5O3/c1-9(11(18)19)4-2-6-13-12(20)14-7-3-5-10-15-8-16-17-10/h8-9H,2-7H2,1H3,(H,18,19)(H2,13,14,20)(H,15,16,17). The number of aromatic amines is 1. The van der Waals surface area contributed by atoms with Crippen molar-refractivity contribution in [2.45, 2.75) is 32.6 Å². The van der Waals surface area contributed by atoms with E-state index in [1.54, 1.807) is 6.92 Å². The molecule has 1 heterocycles. The van der Waals surface area contributed by atoms with Crippen LogP contribution in [0.25, 0.3) is 0 Å². The third-order valence-electron chi connectivity index (χ3n) is 2.86. The van der Waals surface area contributed by atoms with Gasteiger partial charge < -0.3 is 15.7 Å². The minimum atomic E-state index is -0.804. The Labute approximate surface area is 117 Å². The summed E-state index contributed by atoms with van der Waals surface area (Å²) in [5.41, 5.74) is 0. The van der Waals surface area contributed by atoms with Crippen molar-refractivity contribution in [2.24, 2.45) is 5.92 Å². The largest absolute Gasteiger partial charge is 0.481 e. The Balaban J connectivity index is 1.96. The lowest BCUT2D eigenvalue weighted by atomic mass is 10.1. The molecule has 0 saturated heterocycles. The van der Waals surface area contributed by atoms with E-state index in [-0.39, 0.29) is 11.9 Å². The molecule has 1 atom stereocenters. The molecule has 8 heteroatoms. The van der Waals surface area contributed by atoms with Crippen LogP contribution in [0.3, 0.4) is 0 Å². The number of carboxylic acid groups (broad SMARTS) is 1. The van der Waals surface area contributed by atoms with Crippen LogP contribution >= 0.6 is 0 Å². The lowest BCUT2D eigenvalue weighted by molar-refractivity contribution is -0.141. The maximum absolute atomic E-state index is 11.4. The van der Waals surface area contributed by atoms with Gasteiger partial charge >= 0.3 is 12.0 Å². The summed E-state index contributed by atoms with van der Waals surface area (Å²) in [6.45, 7) is 2.69. The monoisotopic (exact) mass is 283 g/mol. The fourth-order valence-electron chi connectivity index (χ4n) is 1.61. The van der Waals surface area contributed by atoms with Crippen LogP contribution < -0.4 is 10.6 Å². The third kappa shape index (κ3) is 6.72. The second-order valence-corrected chi connectivity index (χ2v) is 4.60. The van der Waals surface area contributed by atoms with Crippen LogP contribution in [0.5, 0.6) is 0 Å². The van der Waals surface area contributed by atoms with E-state index in [4.69, 9.17) is 5.11 Å². The zero-order valence-electron chi connectivity index (χ0n) is 11.6. The molecular formula is C12H21N5O3. The van der Waals surface area contributed by atoms with Crippen molar-refractivity contribution in [1.82, 2.24) is 25.8 Å². The number of hydrogen-bond donors (Lipinski definition) is 4. The van der Waals surface area contributed by atoms with Crippen LogP contribution in [0.1, 0.15) is 32.0 Å². The highest BCUT2D eigenvalue weighted by atomic mass is 16.4. The Kier molecular flexibility index (Phi) is 7.08. The molecule has 1 aromatic heterocycles. The van der Waals surface area contributed by atoms with Crippen LogP contribution in [0.15, 0.2) is 6.33 Å². The highest BCUT2D eigenvalue weighted by Gasteiger charge is 2.09. The molecule has 112 valence electrons. The summed E-state index contributed by atoms with van der Waals surface area (Å²) < 4.78 is 0. The second-order valence-electron chi connectivity index (χ2n) is 4.60. The molecule has 0 aromatic carbocycles. The van der Waals surface area contributed by atoms with Gasteiger partial charge in [0.25, 0.3) is 0 Å². The Morgan fingerprint density at radius 1 is 1.35 bits per heavy atom. The van der Waals surface area contributed by atoms with Crippen LogP contribution in [-0.2, 0) is 11.2 Å². The predicted octanol–water partition coefficient (Wildman–Crippen LogP) is 0.537. The van der Waals surface area contributed by atoms with E-state index in [1.165, 1.54) is 6.33 Å². The molecule has 0 aliphatic rings. The summed E-state index contributed by atoms with van der Waals surface area (Å²) in [7, 11) is 0. The van der Waals surface area contributed by atoms with Gasteiger partial charge in [-0.25, -0.2) is 9.78 Å². The van der Waals surface area contributed by atoms with Crippen LogP contribution in [0.4, 0.5) is 4.79 Å². The molecule has 0 radical (unpaired) electrons. The molecule has 8 nitrogen and oxygen atoms in total. The van der Waals surface area contributed by atoms with Crippen molar-refractivity contribution in [3.63, 3.8) is 0 Å². The number of carboxylic acids is 1. The SMILES string of the molecule is CC(CCCNC(=O)NCCCc1ncn[nH]1)C(=O)O. The van der Waals surface area contributed by atoms with E-state index in [0.717, 1.165) is 18.7 Å². The maximum atomic E-state index is 11.4. The molecule has 1 unspecified atom stereocenters. The third-order valence-corrected chi connectivity index (χ3v) is 2.86. The van der Waals surface area contributed by atoms with E-state index >= 15 is 0 Å². The normalized spacial score (nSPS) is 11.8. The van der Waals surface area contributed by atoms with Crippen molar-refractivity contribution in [1.29, 1.82) is 0 Å². The molecule has 0 aliphatic heterocycles. The van der Waals surface area contributed by atoms with Crippen molar-refractivity contribution in [3.05, 3.63) is 12.2 Å². The minimum Gasteiger partial charge on any atom is -0.481 e. The van der Waals surface area contributed by atoms with Crippen molar-refractivity contribution >= 4 is 12.0 Å². The Hall–Kier alpha value is -2.12. The number of amides is 2. The molecule has 2 amide bonds. The number of aliphatic carboxylic acids is 1. The fourth-order valence-corrected chi connectivity index (χ4v) is 1.61. The number of rotatable bonds is 9. The molecule has 4 N–H and O–H groups in total. The Morgan fingerprint density at radius 3 is 2.65 bits per heavy atom. The van der Waals surface area contributed by atoms with Crippen LogP contribution in [-0.4, -0.2) is 45.4 Å². The van der Waals surface area contributed by atoms with E-state index in [1.807, 2.05) is 0 Å². The lowest BCUT2D eigenvalue weighted by Crippen LogP contribution is -2.36.